The molecule has 0 atom stereocenters. The van der Waals surface area contributed by atoms with Crippen molar-refractivity contribution in [3.05, 3.63) is 59.6 Å². The number of aryl methyl sites for hydroxylation is 1. The molecular formula is C26H30FN9O2S2. The summed E-state index contributed by atoms with van der Waals surface area (Å²) < 4.78 is 44.1. The third kappa shape index (κ3) is 6.04. The number of nitrogens with zero attached hydrogens (tertiary/aromatic N) is 6. The number of aromatic nitrogens is 4. The van der Waals surface area contributed by atoms with Crippen LogP contribution in [-0.2, 0) is 10.2 Å². The molecule has 1 aliphatic rings. The van der Waals surface area contributed by atoms with Crippen molar-refractivity contribution in [1.82, 2.24) is 29.6 Å². The minimum atomic E-state index is -3.90. The van der Waals surface area contributed by atoms with Crippen LogP contribution < -0.4 is 20.3 Å². The number of hydrogen-bond acceptors (Lipinski definition) is 10. The molecule has 0 saturated carbocycles. The molecule has 11 nitrogen and oxygen atoms in total. The predicted molar refractivity (Wildman–Crippen MR) is 157 cm³/mol. The molecule has 1 aliphatic heterocycles. The number of piperazine rings is 1. The van der Waals surface area contributed by atoms with Crippen molar-refractivity contribution in [3.8, 4) is 21.8 Å². The van der Waals surface area contributed by atoms with Crippen molar-refractivity contribution in [2.75, 3.05) is 54.7 Å². The molecule has 0 bridgehead atoms. The van der Waals surface area contributed by atoms with Gasteiger partial charge in [-0.25, -0.2) is 24.3 Å². The van der Waals surface area contributed by atoms with Crippen LogP contribution >= 0.6 is 11.3 Å². The summed E-state index contributed by atoms with van der Waals surface area (Å²) in [5.74, 6) is 0.213. The van der Waals surface area contributed by atoms with Crippen LogP contribution in [0.3, 0.4) is 0 Å². The van der Waals surface area contributed by atoms with Crippen molar-refractivity contribution >= 4 is 44.7 Å². The molecule has 0 unspecified atom stereocenters. The normalized spacial score (nSPS) is 14.0. The molecule has 4 heterocycles. The van der Waals surface area contributed by atoms with E-state index in [0.717, 1.165) is 36.2 Å². The molecule has 4 aromatic rings. The molecule has 0 aliphatic carbocycles. The van der Waals surface area contributed by atoms with Gasteiger partial charge in [-0.15, -0.1) is 11.3 Å². The summed E-state index contributed by atoms with van der Waals surface area (Å²) in [6.45, 7) is 7.51. The van der Waals surface area contributed by atoms with E-state index in [2.05, 4.69) is 40.2 Å². The molecule has 1 saturated heterocycles. The van der Waals surface area contributed by atoms with E-state index in [1.54, 1.807) is 31.3 Å². The highest BCUT2D eigenvalue weighted by Gasteiger charge is 2.23. The molecular weight excluding hydrogens is 553 g/mol. The summed E-state index contributed by atoms with van der Waals surface area (Å²) in [5.41, 5.74) is 1.98. The number of hydrogen-bond donors (Lipinski definition) is 3. The molecule has 0 amide bonds. The van der Waals surface area contributed by atoms with Crippen LogP contribution in [0.4, 0.5) is 27.5 Å². The highest BCUT2D eigenvalue weighted by Crippen LogP contribution is 2.38. The summed E-state index contributed by atoms with van der Waals surface area (Å²) in [7, 11) is -2.48. The van der Waals surface area contributed by atoms with Gasteiger partial charge < -0.3 is 15.5 Å². The Kier molecular flexibility index (Phi) is 8.21. The van der Waals surface area contributed by atoms with E-state index in [0.29, 0.717) is 33.0 Å². The zero-order valence-corrected chi connectivity index (χ0v) is 24.0. The van der Waals surface area contributed by atoms with Crippen LogP contribution in [0.15, 0.2) is 48.8 Å². The lowest BCUT2D eigenvalue weighted by atomic mass is 10.1. The first-order valence-electron chi connectivity index (χ1n) is 12.8. The van der Waals surface area contributed by atoms with Crippen LogP contribution in [0.5, 0.6) is 0 Å². The molecule has 0 radical (unpaired) electrons. The largest absolute Gasteiger partial charge is 0.368 e. The Morgan fingerprint density at radius 3 is 2.65 bits per heavy atom. The molecule has 3 aromatic heterocycles. The number of benzene rings is 1. The van der Waals surface area contributed by atoms with Gasteiger partial charge in [0, 0.05) is 51.5 Å². The van der Waals surface area contributed by atoms with Gasteiger partial charge in [-0.2, -0.15) is 12.7 Å². The number of thiazole rings is 1. The Morgan fingerprint density at radius 2 is 1.93 bits per heavy atom. The minimum absolute atomic E-state index is 0.158. The molecule has 3 N–H and O–H groups in total. The summed E-state index contributed by atoms with van der Waals surface area (Å²) in [6.07, 6.45) is 3.44. The van der Waals surface area contributed by atoms with E-state index in [1.807, 2.05) is 25.3 Å². The fourth-order valence-electron chi connectivity index (χ4n) is 4.19. The van der Waals surface area contributed by atoms with Crippen LogP contribution in [0.2, 0.25) is 0 Å². The molecule has 1 fully saturated rings. The number of nitrogens with one attached hydrogen (secondary N) is 3. The number of rotatable bonds is 9. The van der Waals surface area contributed by atoms with Crippen molar-refractivity contribution in [2.45, 2.75) is 13.8 Å². The standard InChI is InChI=1S/C26H30FN9O2S2/c1-4-35(3)40(37,38)34-20-7-5-6-19(23(20)27)24-25(39-17(2)31-24)21-10-11-29-26(32-21)33-22-9-8-18(16-30-22)36-14-12-28-13-15-36/h5-11,16,28,34H,4,12-15H2,1-3H3,(H,29,30,32,33). The second-order valence-electron chi connectivity index (χ2n) is 9.13. The van der Waals surface area contributed by atoms with Crippen molar-refractivity contribution in [2.24, 2.45) is 0 Å². The van der Waals surface area contributed by atoms with E-state index < -0.39 is 16.0 Å². The fraction of sp³-hybridized carbons (Fsp3) is 0.308. The van der Waals surface area contributed by atoms with Gasteiger partial charge in [0.2, 0.25) is 5.95 Å². The summed E-state index contributed by atoms with van der Waals surface area (Å²) in [6, 6.07) is 10.2. The van der Waals surface area contributed by atoms with Gasteiger partial charge in [-0.05, 0) is 37.3 Å². The Morgan fingerprint density at radius 1 is 1.12 bits per heavy atom. The van der Waals surface area contributed by atoms with Crippen LogP contribution in [-0.4, -0.2) is 72.4 Å². The first kappa shape index (κ1) is 27.8. The van der Waals surface area contributed by atoms with Gasteiger partial charge in [0.15, 0.2) is 5.82 Å². The Labute approximate surface area is 236 Å². The molecule has 1 aromatic carbocycles. The molecule has 5 rings (SSSR count). The van der Waals surface area contributed by atoms with E-state index in [1.165, 1.54) is 24.5 Å². The van der Waals surface area contributed by atoms with Crippen LogP contribution in [0.25, 0.3) is 21.8 Å². The van der Waals surface area contributed by atoms with Crippen molar-refractivity contribution in [3.63, 3.8) is 0 Å². The lowest BCUT2D eigenvalue weighted by Crippen LogP contribution is -2.43. The third-order valence-corrected chi connectivity index (χ3v) is 8.99. The lowest BCUT2D eigenvalue weighted by Gasteiger charge is -2.29. The van der Waals surface area contributed by atoms with Gasteiger partial charge >= 0.3 is 10.2 Å². The SMILES string of the molecule is CCN(C)S(=O)(=O)Nc1cccc(-c2nc(C)sc2-c2ccnc(Nc3ccc(N4CCNCC4)cn3)n2)c1F. The summed E-state index contributed by atoms with van der Waals surface area (Å²) >= 11 is 1.36. The van der Waals surface area contributed by atoms with Gasteiger partial charge in [-0.1, -0.05) is 13.0 Å². The Bertz CT molecular complexity index is 1590. The van der Waals surface area contributed by atoms with Crippen LogP contribution in [0, 0.1) is 12.7 Å². The van der Waals surface area contributed by atoms with Gasteiger partial charge in [0.25, 0.3) is 0 Å². The first-order valence-corrected chi connectivity index (χ1v) is 15.0. The number of anilines is 4. The summed E-state index contributed by atoms with van der Waals surface area (Å²) in [4.78, 5) is 21.0. The van der Waals surface area contributed by atoms with E-state index in [4.69, 9.17) is 0 Å². The highest BCUT2D eigenvalue weighted by molar-refractivity contribution is 7.90. The monoisotopic (exact) mass is 583 g/mol. The minimum Gasteiger partial charge on any atom is -0.368 e. The van der Waals surface area contributed by atoms with Crippen molar-refractivity contribution in [1.29, 1.82) is 0 Å². The molecule has 0 spiro atoms. The van der Waals surface area contributed by atoms with E-state index in [9.17, 15) is 8.42 Å². The molecule has 210 valence electrons. The van der Waals surface area contributed by atoms with Crippen LogP contribution in [0.1, 0.15) is 11.9 Å². The average Bonchev–Trinajstić information content (AvgIpc) is 3.36. The van der Waals surface area contributed by atoms with E-state index in [-0.39, 0.29) is 17.8 Å². The third-order valence-electron chi connectivity index (χ3n) is 6.44. The van der Waals surface area contributed by atoms with E-state index >= 15 is 4.39 Å². The van der Waals surface area contributed by atoms with Crippen molar-refractivity contribution < 1.29 is 12.8 Å². The van der Waals surface area contributed by atoms with Gasteiger partial charge in [0.05, 0.1) is 38.8 Å². The van der Waals surface area contributed by atoms with Gasteiger partial charge in [0.1, 0.15) is 5.82 Å². The predicted octanol–water partition coefficient (Wildman–Crippen LogP) is 3.87. The second-order valence-corrected chi connectivity index (χ2v) is 12.1. The maximum atomic E-state index is 15.7. The number of halogens is 1. The lowest BCUT2D eigenvalue weighted by molar-refractivity contribution is 0.491. The molecule has 40 heavy (non-hydrogen) atoms. The summed E-state index contributed by atoms with van der Waals surface area (Å²) in [5, 5.41) is 7.18. The Balaban J connectivity index is 1.41. The second kappa shape index (κ2) is 11.8. The Hall–Kier alpha value is -3.72. The smallest absolute Gasteiger partial charge is 0.301 e. The maximum absolute atomic E-state index is 15.7. The molecule has 14 heteroatoms. The number of pyridine rings is 1. The average molecular weight is 584 g/mol. The van der Waals surface area contributed by atoms with Gasteiger partial charge in [-0.3, -0.25) is 4.72 Å². The first-order chi connectivity index (χ1) is 19.2. The zero-order chi connectivity index (χ0) is 28.3. The highest BCUT2D eigenvalue weighted by atomic mass is 32.2. The zero-order valence-electron chi connectivity index (χ0n) is 22.3. The fourth-order valence-corrected chi connectivity index (χ4v) is 6.03. The topological polar surface area (TPSA) is 128 Å². The quantitative estimate of drug-likeness (QED) is 0.269. The maximum Gasteiger partial charge on any atom is 0.301 e.